The predicted molar refractivity (Wildman–Crippen MR) is 111 cm³/mol. The zero-order valence-corrected chi connectivity index (χ0v) is 15.9. The van der Waals surface area contributed by atoms with Gasteiger partial charge in [0.15, 0.2) is 0 Å². The first kappa shape index (κ1) is 18.8. The van der Waals surface area contributed by atoms with Gasteiger partial charge >= 0.3 is 0 Å². The van der Waals surface area contributed by atoms with Crippen LogP contribution >= 0.6 is 0 Å². The lowest BCUT2D eigenvalue weighted by molar-refractivity contribution is 0.405. The third-order valence-electron chi connectivity index (χ3n) is 4.07. The van der Waals surface area contributed by atoms with Crippen LogP contribution in [-0.2, 0) is 6.54 Å². The summed E-state index contributed by atoms with van der Waals surface area (Å²) in [6.07, 6.45) is 4.61. The molecule has 0 atom stereocenters. The molecule has 1 aromatic carbocycles. The van der Waals surface area contributed by atoms with Gasteiger partial charge in [0, 0.05) is 37.1 Å². The quantitative estimate of drug-likeness (QED) is 0.568. The van der Waals surface area contributed by atoms with Gasteiger partial charge in [-0.05, 0) is 44.8 Å². The van der Waals surface area contributed by atoms with Crippen molar-refractivity contribution < 1.29 is 0 Å². The van der Waals surface area contributed by atoms with E-state index in [0.717, 1.165) is 36.6 Å². The van der Waals surface area contributed by atoms with E-state index >= 15 is 0 Å². The zero-order valence-electron chi connectivity index (χ0n) is 15.9. The minimum Gasteiger partial charge on any atom is -0.366 e. The minimum atomic E-state index is 0.630. The average molecular weight is 362 g/mol. The first-order valence-corrected chi connectivity index (χ1v) is 9.16. The van der Waals surface area contributed by atoms with Crippen LogP contribution in [-0.4, -0.2) is 47.0 Å². The van der Waals surface area contributed by atoms with Crippen molar-refractivity contribution in [3.8, 4) is 11.3 Å². The van der Waals surface area contributed by atoms with Crippen molar-refractivity contribution in [3.63, 3.8) is 0 Å². The van der Waals surface area contributed by atoms with E-state index in [4.69, 9.17) is 0 Å². The summed E-state index contributed by atoms with van der Waals surface area (Å²) in [5, 5.41) is 6.74. The van der Waals surface area contributed by atoms with Gasteiger partial charge in [0.25, 0.3) is 0 Å². The van der Waals surface area contributed by atoms with Crippen molar-refractivity contribution in [1.82, 2.24) is 19.9 Å². The van der Waals surface area contributed by atoms with Crippen LogP contribution in [0.25, 0.3) is 11.3 Å². The molecule has 3 rings (SSSR count). The number of hydrogen-bond donors (Lipinski definition) is 2. The third kappa shape index (κ3) is 6.04. The number of rotatable bonds is 9. The SMILES string of the molecule is CN(C)CCCNc1nc(NCc2ccccc2)cc(-c2cccnc2)n1. The molecule has 0 spiro atoms. The third-order valence-corrected chi connectivity index (χ3v) is 4.07. The summed E-state index contributed by atoms with van der Waals surface area (Å²) in [6.45, 7) is 2.56. The summed E-state index contributed by atoms with van der Waals surface area (Å²) in [7, 11) is 4.15. The summed E-state index contributed by atoms with van der Waals surface area (Å²) >= 11 is 0. The van der Waals surface area contributed by atoms with Gasteiger partial charge in [-0.3, -0.25) is 4.98 Å². The monoisotopic (exact) mass is 362 g/mol. The van der Waals surface area contributed by atoms with Gasteiger partial charge in [0.2, 0.25) is 5.95 Å². The van der Waals surface area contributed by atoms with E-state index in [1.165, 1.54) is 5.56 Å². The Morgan fingerprint density at radius 1 is 0.963 bits per heavy atom. The molecule has 3 aromatic rings. The number of nitrogens with zero attached hydrogens (tertiary/aromatic N) is 4. The fraction of sp³-hybridized carbons (Fsp3) is 0.286. The van der Waals surface area contributed by atoms with E-state index in [-0.39, 0.29) is 0 Å². The molecular formula is C21H26N6. The Morgan fingerprint density at radius 2 is 1.81 bits per heavy atom. The van der Waals surface area contributed by atoms with Gasteiger partial charge in [0.1, 0.15) is 5.82 Å². The van der Waals surface area contributed by atoms with E-state index in [9.17, 15) is 0 Å². The van der Waals surface area contributed by atoms with Gasteiger partial charge in [-0.2, -0.15) is 4.98 Å². The van der Waals surface area contributed by atoms with Crippen molar-refractivity contribution in [2.24, 2.45) is 0 Å². The van der Waals surface area contributed by atoms with Crippen LogP contribution in [0, 0.1) is 0 Å². The smallest absolute Gasteiger partial charge is 0.225 e. The van der Waals surface area contributed by atoms with Crippen molar-refractivity contribution in [2.45, 2.75) is 13.0 Å². The molecule has 2 heterocycles. The Kier molecular flexibility index (Phi) is 6.71. The molecule has 27 heavy (non-hydrogen) atoms. The highest BCUT2D eigenvalue weighted by atomic mass is 15.1. The number of pyridine rings is 1. The molecule has 6 nitrogen and oxygen atoms in total. The van der Waals surface area contributed by atoms with Gasteiger partial charge < -0.3 is 15.5 Å². The minimum absolute atomic E-state index is 0.630. The topological polar surface area (TPSA) is 66.0 Å². The van der Waals surface area contributed by atoms with Crippen LogP contribution in [0.5, 0.6) is 0 Å². The van der Waals surface area contributed by atoms with E-state index in [2.05, 4.69) is 56.7 Å². The molecule has 0 aliphatic carbocycles. The average Bonchev–Trinajstić information content (AvgIpc) is 2.71. The molecule has 0 fully saturated rings. The molecule has 6 heteroatoms. The van der Waals surface area contributed by atoms with Gasteiger partial charge in [-0.15, -0.1) is 0 Å². The maximum Gasteiger partial charge on any atom is 0.225 e. The zero-order chi connectivity index (χ0) is 18.9. The maximum atomic E-state index is 4.66. The first-order valence-electron chi connectivity index (χ1n) is 9.16. The van der Waals surface area contributed by atoms with Crippen molar-refractivity contribution >= 4 is 11.8 Å². The van der Waals surface area contributed by atoms with Crippen molar-refractivity contribution in [3.05, 3.63) is 66.5 Å². The highest BCUT2D eigenvalue weighted by molar-refractivity contribution is 5.63. The largest absolute Gasteiger partial charge is 0.366 e. The lowest BCUT2D eigenvalue weighted by Gasteiger charge is -2.13. The van der Waals surface area contributed by atoms with Crippen LogP contribution < -0.4 is 10.6 Å². The van der Waals surface area contributed by atoms with E-state index in [1.54, 1.807) is 6.20 Å². The number of anilines is 2. The molecule has 0 aliphatic heterocycles. The lowest BCUT2D eigenvalue weighted by Crippen LogP contribution is -2.17. The summed E-state index contributed by atoms with van der Waals surface area (Å²) in [4.78, 5) is 15.7. The second kappa shape index (κ2) is 9.64. The summed E-state index contributed by atoms with van der Waals surface area (Å²) in [5.74, 6) is 1.42. The van der Waals surface area contributed by atoms with Gasteiger partial charge in [-0.1, -0.05) is 30.3 Å². The molecular weight excluding hydrogens is 336 g/mol. The highest BCUT2D eigenvalue weighted by Gasteiger charge is 2.07. The lowest BCUT2D eigenvalue weighted by atomic mass is 10.2. The van der Waals surface area contributed by atoms with Gasteiger partial charge in [0.05, 0.1) is 5.69 Å². The molecule has 0 bridgehead atoms. The Bertz CT molecular complexity index is 821. The molecule has 0 saturated carbocycles. The number of benzene rings is 1. The summed E-state index contributed by atoms with van der Waals surface area (Å²) < 4.78 is 0. The standard InChI is InChI=1S/C21H26N6/c1-27(2)13-7-12-23-21-25-19(18-10-6-11-22-16-18)14-20(26-21)24-15-17-8-4-3-5-9-17/h3-6,8-11,14,16H,7,12-13,15H2,1-2H3,(H2,23,24,25,26). The Morgan fingerprint density at radius 3 is 2.56 bits per heavy atom. The van der Waals surface area contributed by atoms with Crippen LogP contribution in [0.2, 0.25) is 0 Å². The predicted octanol–water partition coefficient (Wildman–Crippen LogP) is 3.51. The molecule has 0 amide bonds. The van der Waals surface area contributed by atoms with Crippen LogP contribution in [0.3, 0.4) is 0 Å². The summed E-state index contributed by atoms with van der Waals surface area (Å²) in [6, 6.07) is 16.2. The fourth-order valence-electron chi connectivity index (χ4n) is 2.66. The number of nitrogens with one attached hydrogen (secondary N) is 2. The molecule has 2 N–H and O–H groups in total. The molecule has 0 unspecified atom stereocenters. The fourth-order valence-corrected chi connectivity index (χ4v) is 2.66. The van der Waals surface area contributed by atoms with Crippen molar-refractivity contribution in [1.29, 1.82) is 0 Å². The normalized spacial score (nSPS) is 10.8. The highest BCUT2D eigenvalue weighted by Crippen LogP contribution is 2.21. The molecule has 0 aliphatic rings. The van der Waals surface area contributed by atoms with Gasteiger partial charge in [-0.25, -0.2) is 4.98 Å². The molecule has 140 valence electrons. The van der Waals surface area contributed by atoms with Crippen LogP contribution in [0.1, 0.15) is 12.0 Å². The molecule has 0 saturated heterocycles. The Hall–Kier alpha value is -2.99. The Labute approximate surface area is 160 Å². The maximum absolute atomic E-state index is 4.66. The second-order valence-corrected chi connectivity index (χ2v) is 6.63. The number of aromatic nitrogens is 3. The summed E-state index contributed by atoms with van der Waals surface area (Å²) in [5.41, 5.74) is 3.03. The molecule has 0 radical (unpaired) electrons. The van der Waals surface area contributed by atoms with Crippen LogP contribution in [0.15, 0.2) is 60.9 Å². The molecule has 2 aromatic heterocycles. The van der Waals surface area contributed by atoms with Crippen LogP contribution in [0.4, 0.5) is 11.8 Å². The number of hydrogen-bond acceptors (Lipinski definition) is 6. The Balaban J connectivity index is 1.75. The van der Waals surface area contributed by atoms with E-state index in [1.807, 2.05) is 42.6 Å². The van der Waals surface area contributed by atoms with E-state index < -0.39 is 0 Å². The van der Waals surface area contributed by atoms with E-state index in [0.29, 0.717) is 12.5 Å². The van der Waals surface area contributed by atoms with Crippen molar-refractivity contribution in [2.75, 3.05) is 37.8 Å². The first-order chi connectivity index (χ1) is 13.2. The second-order valence-electron chi connectivity index (χ2n) is 6.63.